The fourth-order valence-corrected chi connectivity index (χ4v) is 7.21. The standard InChI is InChI=1S/C27H27N3O3S2/c1-17(14-34-19-10-11-19)28-16-30(29-13-12-22(31)26(32)25(29)27(28)33)24-20-7-3-2-6-18(20)15-35-23-9-5-4-8-21(23)24/h2-9,12-13,17,19,24,32H,10-11,14-16H2,1H3/t17?,24-/m0/s1. The van der Waals surface area contributed by atoms with E-state index in [9.17, 15) is 14.7 Å². The topological polar surface area (TPSA) is 65.8 Å². The number of carbonyl (C=O) groups excluding carboxylic acids is 1. The molecule has 0 bridgehead atoms. The fraction of sp³-hybridized carbons (Fsp3) is 0.333. The van der Waals surface area contributed by atoms with E-state index < -0.39 is 11.2 Å². The lowest BCUT2D eigenvalue weighted by Gasteiger charge is -2.46. The largest absolute Gasteiger partial charge is 0.502 e. The molecule has 3 aromatic rings. The van der Waals surface area contributed by atoms with E-state index in [1.165, 1.54) is 34.9 Å². The molecule has 6 nitrogen and oxygen atoms in total. The molecule has 35 heavy (non-hydrogen) atoms. The van der Waals surface area contributed by atoms with Crippen LogP contribution in [0.15, 0.2) is 70.5 Å². The zero-order valence-corrected chi connectivity index (χ0v) is 21.1. The first-order chi connectivity index (χ1) is 17.0. The molecule has 8 heteroatoms. The molecule has 0 spiro atoms. The summed E-state index contributed by atoms with van der Waals surface area (Å²) in [5, 5.41) is 13.6. The molecular formula is C27H27N3O3S2. The van der Waals surface area contributed by atoms with Crippen LogP contribution >= 0.6 is 23.5 Å². The van der Waals surface area contributed by atoms with Crippen LogP contribution in [0.3, 0.4) is 0 Å². The Morgan fingerprint density at radius 1 is 1.06 bits per heavy atom. The van der Waals surface area contributed by atoms with Crippen molar-refractivity contribution in [1.82, 2.24) is 9.58 Å². The Kier molecular flexibility index (Phi) is 5.81. The molecule has 3 aliphatic rings. The second kappa shape index (κ2) is 8.99. The molecule has 6 rings (SSSR count). The van der Waals surface area contributed by atoms with Gasteiger partial charge in [0.2, 0.25) is 5.43 Å². The average Bonchev–Trinajstić information content (AvgIpc) is 3.71. The molecule has 1 unspecified atom stereocenters. The van der Waals surface area contributed by atoms with Crippen LogP contribution in [0, 0.1) is 0 Å². The van der Waals surface area contributed by atoms with Gasteiger partial charge in [-0.15, -0.1) is 11.8 Å². The molecule has 1 aliphatic carbocycles. The highest BCUT2D eigenvalue weighted by atomic mass is 32.2. The fourth-order valence-electron chi connectivity index (χ4n) is 4.91. The van der Waals surface area contributed by atoms with E-state index in [0.29, 0.717) is 11.9 Å². The molecule has 2 atom stereocenters. The number of hydrogen-bond acceptors (Lipinski definition) is 6. The Balaban J connectivity index is 1.51. The normalized spacial score (nSPS) is 20.0. The zero-order chi connectivity index (χ0) is 24.1. The van der Waals surface area contributed by atoms with Crippen molar-refractivity contribution in [1.29, 1.82) is 0 Å². The highest BCUT2D eigenvalue weighted by Gasteiger charge is 2.40. The second-order valence-corrected chi connectivity index (χ2v) is 11.7. The molecule has 1 aromatic heterocycles. The predicted octanol–water partition coefficient (Wildman–Crippen LogP) is 4.58. The third-order valence-electron chi connectivity index (χ3n) is 6.97. The SMILES string of the molecule is CC(CSC1CC1)N1CN([C@H]2c3ccccc3CSc3ccccc32)n2ccc(=O)c(O)c2C1=O. The first-order valence-electron chi connectivity index (χ1n) is 12.0. The first-order valence-corrected chi connectivity index (χ1v) is 14.0. The van der Waals surface area contributed by atoms with Crippen molar-refractivity contribution in [3.63, 3.8) is 0 Å². The summed E-state index contributed by atoms with van der Waals surface area (Å²) in [7, 11) is 0. The molecule has 1 fully saturated rings. The van der Waals surface area contributed by atoms with Gasteiger partial charge in [-0.3, -0.25) is 19.3 Å². The second-order valence-electron chi connectivity index (χ2n) is 9.39. The number of rotatable bonds is 5. The third-order valence-corrected chi connectivity index (χ3v) is 9.72. The van der Waals surface area contributed by atoms with Gasteiger partial charge < -0.3 is 10.0 Å². The number of nitrogens with zero attached hydrogens (tertiary/aromatic N) is 3. The van der Waals surface area contributed by atoms with E-state index in [0.717, 1.165) is 17.1 Å². The van der Waals surface area contributed by atoms with Gasteiger partial charge in [0.15, 0.2) is 11.4 Å². The molecule has 2 aromatic carbocycles. The Bertz CT molecular complexity index is 1310. The number of hydrogen-bond donors (Lipinski definition) is 1. The van der Waals surface area contributed by atoms with Crippen LogP contribution in [0.25, 0.3) is 0 Å². The van der Waals surface area contributed by atoms with Crippen LogP contribution in [-0.4, -0.2) is 44.3 Å². The average molecular weight is 506 g/mol. The number of thioether (sulfide) groups is 2. The van der Waals surface area contributed by atoms with E-state index in [1.54, 1.807) is 10.9 Å². The maximum Gasteiger partial charge on any atom is 0.278 e. The number of carbonyl (C=O) groups is 1. The lowest BCUT2D eigenvalue weighted by atomic mass is 9.94. The van der Waals surface area contributed by atoms with Crippen LogP contribution in [0.1, 0.15) is 53.0 Å². The van der Waals surface area contributed by atoms with Gasteiger partial charge in [-0.25, -0.2) is 0 Å². The minimum Gasteiger partial charge on any atom is -0.502 e. The molecule has 1 N–H and O–H groups in total. The van der Waals surface area contributed by atoms with Gasteiger partial charge in [0.25, 0.3) is 5.91 Å². The van der Waals surface area contributed by atoms with Gasteiger partial charge in [-0.1, -0.05) is 42.5 Å². The number of pyridine rings is 1. The summed E-state index contributed by atoms with van der Waals surface area (Å²) in [6.07, 6.45) is 4.10. The van der Waals surface area contributed by atoms with Crippen LogP contribution < -0.4 is 10.4 Å². The van der Waals surface area contributed by atoms with E-state index in [2.05, 4.69) is 54.4 Å². The molecule has 0 radical (unpaired) electrons. The van der Waals surface area contributed by atoms with Crippen molar-refractivity contribution in [3.05, 3.63) is 93.4 Å². The monoisotopic (exact) mass is 505 g/mol. The van der Waals surface area contributed by atoms with E-state index in [1.807, 2.05) is 34.5 Å². The summed E-state index contributed by atoms with van der Waals surface area (Å²) in [6, 6.07) is 17.9. The molecule has 2 aliphatic heterocycles. The number of amides is 1. The van der Waals surface area contributed by atoms with Gasteiger partial charge in [0.1, 0.15) is 6.67 Å². The summed E-state index contributed by atoms with van der Waals surface area (Å²) in [5.41, 5.74) is 3.07. The van der Waals surface area contributed by atoms with E-state index >= 15 is 0 Å². The number of aromatic hydroxyl groups is 1. The van der Waals surface area contributed by atoms with Crippen molar-refractivity contribution in [2.45, 2.75) is 47.7 Å². The van der Waals surface area contributed by atoms with Crippen molar-refractivity contribution < 1.29 is 9.90 Å². The van der Waals surface area contributed by atoms with Crippen LogP contribution in [-0.2, 0) is 5.75 Å². The molecule has 1 saturated carbocycles. The van der Waals surface area contributed by atoms with E-state index in [4.69, 9.17) is 0 Å². The summed E-state index contributed by atoms with van der Waals surface area (Å²) < 4.78 is 1.70. The molecular weight excluding hydrogens is 478 g/mol. The zero-order valence-electron chi connectivity index (χ0n) is 19.5. The summed E-state index contributed by atoms with van der Waals surface area (Å²) in [6.45, 7) is 2.42. The molecule has 180 valence electrons. The maximum absolute atomic E-state index is 13.6. The lowest BCUT2D eigenvalue weighted by Crippen LogP contribution is -2.58. The van der Waals surface area contributed by atoms with Crippen molar-refractivity contribution in [3.8, 4) is 5.75 Å². The van der Waals surface area contributed by atoms with Crippen LogP contribution in [0.2, 0.25) is 0 Å². The minimum atomic E-state index is -0.538. The smallest absolute Gasteiger partial charge is 0.278 e. The lowest BCUT2D eigenvalue weighted by molar-refractivity contribution is 0.0625. The molecule has 3 heterocycles. The first kappa shape index (κ1) is 22.6. The number of fused-ring (bicyclic) bond motifs is 3. The van der Waals surface area contributed by atoms with Gasteiger partial charge in [-0.2, -0.15) is 11.8 Å². The Morgan fingerprint density at radius 2 is 1.80 bits per heavy atom. The van der Waals surface area contributed by atoms with E-state index in [-0.39, 0.29) is 23.7 Å². The van der Waals surface area contributed by atoms with Gasteiger partial charge in [0.05, 0.1) is 6.04 Å². The Labute approximate surface area is 212 Å². The Hall–Kier alpha value is -2.84. The predicted molar refractivity (Wildman–Crippen MR) is 141 cm³/mol. The van der Waals surface area contributed by atoms with Crippen LogP contribution in [0.5, 0.6) is 5.75 Å². The van der Waals surface area contributed by atoms with Crippen molar-refractivity contribution >= 4 is 29.4 Å². The van der Waals surface area contributed by atoms with Gasteiger partial charge >= 0.3 is 0 Å². The summed E-state index contributed by atoms with van der Waals surface area (Å²) >= 11 is 3.72. The van der Waals surface area contributed by atoms with Crippen molar-refractivity contribution in [2.75, 3.05) is 17.4 Å². The summed E-state index contributed by atoms with van der Waals surface area (Å²) in [4.78, 5) is 29.1. The quantitative estimate of drug-likeness (QED) is 0.548. The maximum atomic E-state index is 13.6. The van der Waals surface area contributed by atoms with Gasteiger partial charge in [-0.05, 0) is 42.5 Å². The highest BCUT2D eigenvalue weighted by Crippen LogP contribution is 2.43. The van der Waals surface area contributed by atoms with Crippen molar-refractivity contribution in [2.24, 2.45) is 0 Å². The third kappa shape index (κ3) is 4.02. The molecule has 0 saturated heterocycles. The highest BCUT2D eigenvalue weighted by molar-refractivity contribution is 8.00. The minimum absolute atomic E-state index is 0.0373. The number of benzene rings is 2. The Morgan fingerprint density at radius 3 is 2.60 bits per heavy atom. The number of aromatic nitrogens is 1. The van der Waals surface area contributed by atoms with Crippen LogP contribution in [0.4, 0.5) is 0 Å². The molecule has 1 amide bonds. The van der Waals surface area contributed by atoms with Gasteiger partial charge in [0, 0.05) is 40.0 Å². The summed E-state index contributed by atoms with van der Waals surface area (Å²) in [5.74, 6) is 0.899.